The van der Waals surface area contributed by atoms with E-state index in [-0.39, 0.29) is 12.3 Å². The molecule has 170 valence electrons. The van der Waals surface area contributed by atoms with Crippen LogP contribution in [-0.4, -0.2) is 42.2 Å². The molecule has 11 heteroatoms. The third-order valence-corrected chi connectivity index (χ3v) is 6.66. The van der Waals surface area contributed by atoms with E-state index >= 15 is 0 Å². The van der Waals surface area contributed by atoms with Crippen LogP contribution in [0.15, 0.2) is 29.6 Å². The molecule has 1 N–H and O–H groups in total. The molecule has 0 saturated carbocycles. The van der Waals surface area contributed by atoms with Crippen molar-refractivity contribution >= 4 is 39.9 Å². The maximum absolute atomic E-state index is 13.0. The van der Waals surface area contributed by atoms with E-state index in [4.69, 9.17) is 4.74 Å². The van der Waals surface area contributed by atoms with Gasteiger partial charge in [-0.3, -0.25) is 4.79 Å². The quantitative estimate of drug-likeness (QED) is 0.392. The van der Waals surface area contributed by atoms with Crippen LogP contribution >= 0.6 is 23.1 Å². The number of carbonyl (C=O) groups excluding carboxylic acids is 2. The summed E-state index contributed by atoms with van der Waals surface area (Å²) in [6, 6.07) is 7.83. The molecule has 0 aliphatic heterocycles. The van der Waals surface area contributed by atoms with Crippen LogP contribution in [0.1, 0.15) is 50.4 Å². The molecule has 3 heterocycles. The van der Waals surface area contributed by atoms with E-state index in [9.17, 15) is 9.59 Å². The Morgan fingerprint density at radius 2 is 1.88 bits per heavy atom. The van der Waals surface area contributed by atoms with E-state index in [1.165, 1.54) is 11.3 Å². The number of hydrogen-bond donors (Lipinski definition) is 1. The summed E-state index contributed by atoms with van der Waals surface area (Å²) in [5.41, 5.74) is 5.39. The normalized spacial score (nSPS) is 10.9. The minimum absolute atomic E-state index is 0.177. The fraction of sp³-hybridized carbons (Fsp3) is 0.273. The van der Waals surface area contributed by atoms with Crippen LogP contribution in [0.4, 0.5) is 5.00 Å². The Labute approximate surface area is 198 Å². The number of thiophene rings is 1. The average molecular weight is 483 g/mol. The predicted molar refractivity (Wildman–Crippen MR) is 127 cm³/mol. The molecular weight excluding hydrogens is 460 g/mol. The summed E-state index contributed by atoms with van der Waals surface area (Å²) in [7, 11) is 0. The van der Waals surface area contributed by atoms with Crippen LogP contribution in [0, 0.1) is 20.8 Å². The molecule has 0 aliphatic carbocycles. The number of esters is 1. The zero-order valence-corrected chi connectivity index (χ0v) is 20.2. The van der Waals surface area contributed by atoms with Crippen LogP contribution in [0.25, 0.3) is 11.1 Å². The minimum atomic E-state index is -0.489. The molecule has 1 amide bonds. The van der Waals surface area contributed by atoms with Crippen molar-refractivity contribution in [1.82, 2.24) is 23.7 Å². The highest BCUT2D eigenvalue weighted by molar-refractivity contribution is 7.15. The molecule has 0 radical (unpaired) electrons. The number of aromatic nitrogens is 5. The summed E-state index contributed by atoms with van der Waals surface area (Å²) in [6.07, 6.45) is 0. The third-order valence-electron chi connectivity index (χ3n) is 5.10. The topological polar surface area (TPSA) is 112 Å². The van der Waals surface area contributed by atoms with Gasteiger partial charge in [0.05, 0.1) is 42.0 Å². The highest BCUT2D eigenvalue weighted by Gasteiger charge is 2.25. The van der Waals surface area contributed by atoms with E-state index in [1.54, 1.807) is 18.5 Å². The van der Waals surface area contributed by atoms with Gasteiger partial charge < -0.3 is 10.1 Å². The molecule has 33 heavy (non-hydrogen) atoms. The number of benzene rings is 1. The van der Waals surface area contributed by atoms with Crippen LogP contribution < -0.4 is 5.32 Å². The minimum Gasteiger partial charge on any atom is -0.462 e. The van der Waals surface area contributed by atoms with Crippen LogP contribution in [0.2, 0.25) is 0 Å². The summed E-state index contributed by atoms with van der Waals surface area (Å²) < 4.78 is 15.3. The van der Waals surface area contributed by atoms with Gasteiger partial charge in [-0.15, -0.1) is 16.4 Å². The van der Waals surface area contributed by atoms with Crippen molar-refractivity contribution in [1.29, 1.82) is 0 Å². The Bertz CT molecular complexity index is 1310. The third kappa shape index (κ3) is 4.69. The molecule has 0 atom stereocenters. The van der Waals surface area contributed by atoms with Gasteiger partial charge in [-0.05, 0) is 33.3 Å². The Kier molecular flexibility index (Phi) is 6.61. The van der Waals surface area contributed by atoms with Gasteiger partial charge in [-0.1, -0.05) is 35.0 Å². The summed E-state index contributed by atoms with van der Waals surface area (Å²) in [5.74, 6) is -0.939. The number of amides is 1. The van der Waals surface area contributed by atoms with Crippen molar-refractivity contribution < 1.29 is 14.3 Å². The van der Waals surface area contributed by atoms with Gasteiger partial charge in [-0.2, -0.15) is 8.75 Å². The number of nitrogens with zero attached hydrogens (tertiary/aromatic N) is 5. The zero-order valence-electron chi connectivity index (χ0n) is 18.6. The van der Waals surface area contributed by atoms with Crippen molar-refractivity contribution in [2.45, 2.75) is 34.2 Å². The van der Waals surface area contributed by atoms with E-state index in [2.05, 4.69) is 24.4 Å². The lowest BCUT2D eigenvalue weighted by atomic mass is 10.0. The van der Waals surface area contributed by atoms with Crippen molar-refractivity contribution in [3.63, 3.8) is 0 Å². The van der Waals surface area contributed by atoms with E-state index < -0.39 is 11.9 Å². The van der Waals surface area contributed by atoms with Crippen molar-refractivity contribution in [3.05, 3.63) is 63.5 Å². The Balaban J connectivity index is 1.62. The fourth-order valence-electron chi connectivity index (χ4n) is 3.22. The van der Waals surface area contributed by atoms with E-state index in [0.717, 1.165) is 34.2 Å². The molecule has 0 unspecified atom stereocenters. The second-order valence-electron chi connectivity index (χ2n) is 7.37. The molecule has 1 aromatic carbocycles. The molecule has 0 spiro atoms. The van der Waals surface area contributed by atoms with E-state index in [0.29, 0.717) is 28.4 Å². The molecule has 0 bridgehead atoms. The van der Waals surface area contributed by atoms with Gasteiger partial charge in [0.15, 0.2) is 5.69 Å². The predicted octanol–water partition coefficient (Wildman–Crippen LogP) is 4.26. The molecule has 3 aromatic heterocycles. The highest BCUT2D eigenvalue weighted by atomic mass is 32.1. The number of aryl methyl sites for hydroxylation is 2. The average Bonchev–Trinajstić information content (AvgIpc) is 3.49. The number of nitrogens with one attached hydrogen (secondary N) is 1. The highest BCUT2D eigenvalue weighted by Crippen LogP contribution is 2.36. The monoisotopic (exact) mass is 482 g/mol. The number of rotatable bonds is 7. The lowest BCUT2D eigenvalue weighted by molar-refractivity contribution is 0.0529. The van der Waals surface area contributed by atoms with Crippen molar-refractivity contribution in [3.8, 4) is 11.1 Å². The van der Waals surface area contributed by atoms with Crippen LogP contribution in [-0.2, 0) is 11.3 Å². The first-order chi connectivity index (χ1) is 15.9. The number of carbonyl (C=O) groups is 2. The van der Waals surface area contributed by atoms with Gasteiger partial charge in [0.1, 0.15) is 10.6 Å². The molecule has 4 rings (SSSR count). The Morgan fingerprint density at radius 3 is 2.55 bits per heavy atom. The van der Waals surface area contributed by atoms with Crippen molar-refractivity contribution in [2.24, 2.45) is 0 Å². The van der Waals surface area contributed by atoms with Gasteiger partial charge >= 0.3 is 5.97 Å². The fourth-order valence-corrected chi connectivity index (χ4v) is 4.73. The first-order valence-corrected chi connectivity index (χ1v) is 11.8. The lowest BCUT2D eigenvalue weighted by Gasteiger charge is -2.09. The second kappa shape index (κ2) is 9.59. The second-order valence-corrected chi connectivity index (χ2v) is 8.78. The molecule has 9 nitrogen and oxygen atoms in total. The number of hydrogen-bond acceptors (Lipinski definition) is 9. The molecular formula is C22H22N6O3S2. The van der Waals surface area contributed by atoms with Gasteiger partial charge in [0.2, 0.25) is 0 Å². The first kappa shape index (κ1) is 22.7. The van der Waals surface area contributed by atoms with Crippen molar-refractivity contribution in [2.75, 3.05) is 11.9 Å². The maximum atomic E-state index is 13.0. The summed E-state index contributed by atoms with van der Waals surface area (Å²) >= 11 is 2.40. The summed E-state index contributed by atoms with van der Waals surface area (Å²) in [6.45, 7) is 7.99. The van der Waals surface area contributed by atoms with Gasteiger partial charge in [-0.25, -0.2) is 9.48 Å². The number of anilines is 1. The van der Waals surface area contributed by atoms with Gasteiger partial charge in [0.25, 0.3) is 5.91 Å². The molecule has 0 fully saturated rings. The van der Waals surface area contributed by atoms with Gasteiger partial charge in [0, 0.05) is 10.9 Å². The lowest BCUT2D eigenvalue weighted by Crippen LogP contribution is -2.16. The molecule has 4 aromatic rings. The van der Waals surface area contributed by atoms with E-state index in [1.807, 2.05) is 43.5 Å². The molecule has 0 aliphatic rings. The smallest absolute Gasteiger partial charge is 0.341 e. The standard InChI is InChI=1S/C22H22N6O3S2/c1-5-31-22(30)18-16(15-8-6-12(2)7-9-15)11-32-21(18)23-20(29)19-14(4)28(27-24-19)10-17-13(3)25-33-26-17/h6-9,11H,5,10H2,1-4H3,(H,23,29). The molecule has 0 saturated heterocycles. The zero-order chi connectivity index (χ0) is 23.5. The Morgan fingerprint density at radius 1 is 1.12 bits per heavy atom. The maximum Gasteiger partial charge on any atom is 0.341 e. The van der Waals surface area contributed by atoms with Crippen LogP contribution in [0.3, 0.4) is 0 Å². The largest absolute Gasteiger partial charge is 0.462 e. The summed E-state index contributed by atoms with van der Waals surface area (Å²) in [5, 5.41) is 13.2. The SMILES string of the molecule is CCOC(=O)c1c(-c2ccc(C)cc2)csc1NC(=O)c1nnn(Cc2nsnc2C)c1C. The first-order valence-electron chi connectivity index (χ1n) is 10.2. The summed E-state index contributed by atoms with van der Waals surface area (Å²) in [4.78, 5) is 25.8. The Hall–Kier alpha value is -3.44. The number of ether oxygens (including phenoxy) is 1. The van der Waals surface area contributed by atoms with Crippen LogP contribution in [0.5, 0.6) is 0 Å².